The molecule has 0 bridgehead atoms. The fourth-order valence-electron chi connectivity index (χ4n) is 3.57. The minimum atomic E-state index is 0.163. The molecular formula is C21H34N2O. The number of ether oxygens (including phenoxy) is 1. The lowest BCUT2D eigenvalue weighted by Gasteiger charge is -2.35. The molecule has 134 valence electrons. The van der Waals surface area contributed by atoms with Gasteiger partial charge in [-0.25, -0.2) is 4.99 Å². The Morgan fingerprint density at radius 2 is 1.96 bits per heavy atom. The molecule has 0 aliphatic carbocycles. The first-order chi connectivity index (χ1) is 11.5. The number of piperidine rings is 1. The second-order valence-electron chi connectivity index (χ2n) is 7.30. The fourth-order valence-corrected chi connectivity index (χ4v) is 3.57. The predicted octanol–water partition coefficient (Wildman–Crippen LogP) is 5.41. The van der Waals surface area contributed by atoms with Gasteiger partial charge >= 0.3 is 0 Å². The largest absolute Gasteiger partial charge is 0.478 e. The Labute approximate surface area is 148 Å². The molecule has 0 spiro atoms. The van der Waals surface area contributed by atoms with E-state index in [1.165, 1.54) is 49.9 Å². The van der Waals surface area contributed by atoms with Gasteiger partial charge in [-0.2, -0.15) is 0 Å². The van der Waals surface area contributed by atoms with Gasteiger partial charge in [0, 0.05) is 12.5 Å². The van der Waals surface area contributed by atoms with Crippen LogP contribution in [0, 0.1) is 13.8 Å². The maximum atomic E-state index is 6.12. The zero-order chi connectivity index (χ0) is 17.5. The van der Waals surface area contributed by atoms with Crippen LogP contribution in [0.3, 0.4) is 0 Å². The zero-order valence-electron chi connectivity index (χ0n) is 16.1. The van der Waals surface area contributed by atoms with Crippen molar-refractivity contribution in [3.8, 4) is 0 Å². The van der Waals surface area contributed by atoms with Crippen LogP contribution in [0.5, 0.6) is 0 Å². The van der Waals surface area contributed by atoms with Gasteiger partial charge in [0.1, 0.15) is 0 Å². The molecule has 0 amide bonds. The van der Waals surface area contributed by atoms with Crippen LogP contribution in [-0.4, -0.2) is 36.0 Å². The predicted molar refractivity (Wildman–Crippen MR) is 103 cm³/mol. The van der Waals surface area contributed by atoms with Crippen molar-refractivity contribution >= 4 is 11.6 Å². The number of aryl methyl sites for hydroxylation is 2. The molecule has 1 unspecified atom stereocenters. The molecule has 1 atom stereocenters. The van der Waals surface area contributed by atoms with Crippen molar-refractivity contribution in [1.29, 1.82) is 0 Å². The Kier molecular flexibility index (Phi) is 7.29. The number of aliphatic imine (C=N–C) groups is 1. The normalized spacial score (nSPS) is 19.8. The first kappa shape index (κ1) is 19.0. The monoisotopic (exact) mass is 330 g/mol. The van der Waals surface area contributed by atoms with E-state index in [0.717, 1.165) is 18.0 Å². The molecule has 1 aromatic rings. The molecule has 1 aliphatic rings. The van der Waals surface area contributed by atoms with Gasteiger partial charge < -0.3 is 4.74 Å². The maximum absolute atomic E-state index is 6.12. The van der Waals surface area contributed by atoms with E-state index in [-0.39, 0.29) is 6.10 Å². The standard InChI is InChI=1S/C21H34N2O/c1-6-13-23-14-8-7-12-19(23)15-20(24-16(2)3)22-21-17(4)10-9-11-18(21)5/h9-11,16,19H,6-8,12-15H2,1-5H3/b22-20-. The van der Waals surface area contributed by atoms with E-state index < -0.39 is 0 Å². The summed E-state index contributed by atoms with van der Waals surface area (Å²) in [7, 11) is 0. The Balaban J connectivity index is 2.23. The fraction of sp³-hybridized carbons (Fsp3) is 0.667. The third-order valence-corrected chi connectivity index (χ3v) is 4.72. The number of hydrogen-bond acceptors (Lipinski definition) is 3. The summed E-state index contributed by atoms with van der Waals surface area (Å²) in [5.74, 6) is 0.899. The van der Waals surface area contributed by atoms with Gasteiger partial charge in [-0.05, 0) is 71.2 Å². The van der Waals surface area contributed by atoms with Gasteiger partial charge in [-0.15, -0.1) is 0 Å². The van der Waals surface area contributed by atoms with E-state index >= 15 is 0 Å². The molecule has 1 fully saturated rings. The van der Waals surface area contributed by atoms with E-state index in [1.807, 2.05) is 0 Å². The Bertz CT molecular complexity index is 529. The molecule has 3 heteroatoms. The van der Waals surface area contributed by atoms with Crippen LogP contribution in [0.1, 0.15) is 64.0 Å². The molecule has 0 N–H and O–H groups in total. The van der Waals surface area contributed by atoms with Crippen molar-refractivity contribution in [2.24, 2.45) is 4.99 Å². The highest BCUT2D eigenvalue weighted by molar-refractivity contribution is 5.81. The molecular weight excluding hydrogens is 296 g/mol. The van der Waals surface area contributed by atoms with Crippen LogP contribution in [0.25, 0.3) is 0 Å². The first-order valence-corrected chi connectivity index (χ1v) is 9.55. The van der Waals surface area contributed by atoms with Crippen LogP contribution >= 0.6 is 0 Å². The summed E-state index contributed by atoms with van der Waals surface area (Å²) in [4.78, 5) is 7.59. The Hall–Kier alpha value is -1.35. The van der Waals surface area contributed by atoms with Crippen molar-refractivity contribution < 1.29 is 4.74 Å². The highest BCUT2D eigenvalue weighted by atomic mass is 16.5. The van der Waals surface area contributed by atoms with Gasteiger partial charge in [0.25, 0.3) is 0 Å². The van der Waals surface area contributed by atoms with Crippen LogP contribution in [0.2, 0.25) is 0 Å². The van der Waals surface area contributed by atoms with Gasteiger partial charge in [0.15, 0.2) is 5.90 Å². The lowest BCUT2D eigenvalue weighted by atomic mass is 9.99. The molecule has 1 aromatic carbocycles. The number of para-hydroxylation sites is 1. The number of hydrogen-bond donors (Lipinski definition) is 0. The first-order valence-electron chi connectivity index (χ1n) is 9.55. The van der Waals surface area contributed by atoms with Crippen molar-refractivity contribution in [2.75, 3.05) is 13.1 Å². The van der Waals surface area contributed by atoms with Crippen molar-refractivity contribution in [3.63, 3.8) is 0 Å². The van der Waals surface area contributed by atoms with Crippen LogP contribution in [-0.2, 0) is 4.74 Å². The maximum Gasteiger partial charge on any atom is 0.190 e. The third-order valence-electron chi connectivity index (χ3n) is 4.72. The zero-order valence-corrected chi connectivity index (χ0v) is 16.1. The molecule has 1 aliphatic heterocycles. The number of benzene rings is 1. The summed E-state index contributed by atoms with van der Waals surface area (Å²) < 4.78 is 6.12. The van der Waals surface area contributed by atoms with E-state index in [1.54, 1.807) is 0 Å². The van der Waals surface area contributed by atoms with E-state index in [2.05, 4.69) is 57.7 Å². The molecule has 0 radical (unpaired) electrons. The molecule has 0 aromatic heterocycles. The van der Waals surface area contributed by atoms with Crippen molar-refractivity contribution in [3.05, 3.63) is 29.3 Å². The minimum absolute atomic E-state index is 0.163. The quantitative estimate of drug-likeness (QED) is 0.514. The van der Waals surface area contributed by atoms with Crippen LogP contribution in [0.15, 0.2) is 23.2 Å². The lowest BCUT2D eigenvalue weighted by Crippen LogP contribution is -2.41. The second kappa shape index (κ2) is 9.22. The van der Waals surface area contributed by atoms with E-state index in [9.17, 15) is 0 Å². The summed E-state index contributed by atoms with van der Waals surface area (Å²) in [6.07, 6.45) is 6.20. The van der Waals surface area contributed by atoms with E-state index in [0.29, 0.717) is 6.04 Å². The Morgan fingerprint density at radius 1 is 1.25 bits per heavy atom. The van der Waals surface area contributed by atoms with Gasteiger partial charge in [0.2, 0.25) is 0 Å². The Morgan fingerprint density at radius 3 is 2.58 bits per heavy atom. The summed E-state index contributed by atoms with van der Waals surface area (Å²) in [5.41, 5.74) is 3.51. The summed E-state index contributed by atoms with van der Waals surface area (Å²) in [6.45, 7) is 13.1. The summed E-state index contributed by atoms with van der Waals surface area (Å²) in [6, 6.07) is 6.92. The average molecular weight is 331 g/mol. The number of nitrogens with zero attached hydrogens (tertiary/aromatic N) is 2. The molecule has 24 heavy (non-hydrogen) atoms. The molecule has 3 nitrogen and oxygen atoms in total. The van der Waals surface area contributed by atoms with Crippen LogP contribution in [0.4, 0.5) is 5.69 Å². The van der Waals surface area contributed by atoms with E-state index in [4.69, 9.17) is 9.73 Å². The SMILES string of the molecule is CCCN1CCCCC1C/C(=N/c1c(C)cccc1C)OC(C)C. The lowest BCUT2D eigenvalue weighted by molar-refractivity contribution is 0.140. The third kappa shape index (κ3) is 5.34. The van der Waals surface area contributed by atoms with Crippen molar-refractivity contribution in [1.82, 2.24) is 4.90 Å². The molecule has 2 rings (SSSR count). The van der Waals surface area contributed by atoms with Crippen molar-refractivity contribution in [2.45, 2.75) is 78.9 Å². The number of rotatable bonds is 6. The molecule has 1 heterocycles. The highest BCUT2D eigenvalue weighted by Gasteiger charge is 2.24. The smallest absolute Gasteiger partial charge is 0.190 e. The highest BCUT2D eigenvalue weighted by Crippen LogP contribution is 2.26. The summed E-state index contributed by atoms with van der Waals surface area (Å²) in [5, 5.41) is 0. The molecule has 0 saturated carbocycles. The second-order valence-corrected chi connectivity index (χ2v) is 7.30. The molecule has 1 saturated heterocycles. The topological polar surface area (TPSA) is 24.8 Å². The van der Waals surface area contributed by atoms with Gasteiger partial charge in [-0.1, -0.05) is 31.5 Å². The minimum Gasteiger partial charge on any atom is -0.478 e. The summed E-state index contributed by atoms with van der Waals surface area (Å²) >= 11 is 0. The van der Waals surface area contributed by atoms with Gasteiger partial charge in [-0.3, -0.25) is 4.90 Å². The van der Waals surface area contributed by atoms with Gasteiger partial charge in [0.05, 0.1) is 11.8 Å². The average Bonchev–Trinajstić information content (AvgIpc) is 2.52. The van der Waals surface area contributed by atoms with Crippen LogP contribution < -0.4 is 0 Å². The number of likely N-dealkylation sites (tertiary alicyclic amines) is 1.